The molecule has 0 bridgehead atoms. The molecule has 40 heavy (non-hydrogen) atoms. The summed E-state index contributed by atoms with van der Waals surface area (Å²) in [7, 11) is 0. The van der Waals surface area contributed by atoms with Crippen molar-refractivity contribution in [3.8, 4) is 16.9 Å². The van der Waals surface area contributed by atoms with Gasteiger partial charge in [0, 0.05) is 5.92 Å². The molecule has 0 heterocycles. The standard InChI is InChI=1S/C29H26F5NO5/c1-14(40-29(2,3)4)25(27(36)39-26-23(33)21(31)20(30)22(32)24(26)34)35-28(37)38-13-19-17-11-7-5-9-15(17)16-10-6-8-12-18(16)19/h5-12,14,19,25H,13H2,1-4H3,(H,35,37)/t14-,25-/m1/s1. The van der Waals surface area contributed by atoms with Gasteiger partial charge >= 0.3 is 12.1 Å². The van der Waals surface area contributed by atoms with Crippen LogP contribution in [0.2, 0.25) is 0 Å². The highest BCUT2D eigenvalue weighted by Gasteiger charge is 2.36. The van der Waals surface area contributed by atoms with E-state index in [0.717, 1.165) is 22.3 Å². The smallest absolute Gasteiger partial charge is 0.407 e. The maximum atomic E-state index is 14.2. The van der Waals surface area contributed by atoms with E-state index in [1.807, 2.05) is 48.5 Å². The lowest BCUT2D eigenvalue weighted by Crippen LogP contribution is -2.52. The zero-order valence-corrected chi connectivity index (χ0v) is 22.0. The minimum absolute atomic E-state index is 0.117. The third kappa shape index (κ3) is 5.79. The first-order chi connectivity index (χ1) is 18.8. The monoisotopic (exact) mass is 563 g/mol. The van der Waals surface area contributed by atoms with Crippen LogP contribution in [-0.2, 0) is 14.3 Å². The van der Waals surface area contributed by atoms with Gasteiger partial charge in [-0.1, -0.05) is 48.5 Å². The number of carbonyl (C=O) groups excluding carboxylic acids is 2. The number of carbonyl (C=O) groups is 2. The summed E-state index contributed by atoms with van der Waals surface area (Å²) < 4.78 is 84.7. The third-order valence-corrected chi connectivity index (χ3v) is 6.25. The van der Waals surface area contributed by atoms with E-state index in [0.29, 0.717) is 0 Å². The molecule has 3 aromatic rings. The molecule has 0 spiro atoms. The Labute approximate surface area is 227 Å². The van der Waals surface area contributed by atoms with E-state index < -0.39 is 64.6 Å². The van der Waals surface area contributed by atoms with Gasteiger partial charge in [0.2, 0.25) is 34.8 Å². The van der Waals surface area contributed by atoms with Crippen molar-refractivity contribution in [3.63, 3.8) is 0 Å². The van der Waals surface area contributed by atoms with Gasteiger partial charge in [0.25, 0.3) is 0 Å². The lowest BCUT2D eigenvalue weighted by atomic mass is 9.98. The molecule has 0 radical (unpaired) electrons. The van der Waals surface area contributed by atoms with E-state index >= 15 is 0 Å². The van der Waals surface area contributed by atoms with Crippen molar-refractivity contribution < 1.29 is 45.8 Å². The van der Waals surface area contributed by atoms with Crippen LogP contribution in [-0.4, -0.2) is 36.4 Å². The summed E-state index contributed by atoms with van der Waals surface area (Å²) in [5, 5.41) is 2.24. The van der Waals surface area contributed by atoms with Gasteiger partial charge in [-0.15, -0.1) is 0 Å². The van der Waals surface area contributed by atoms with Crippen LogP contribution in [0.15, 0.2) is 48.5 Å². The first kappa shape index (κ1) is 29.0. The number of rotatable bonds is 7. The van der Waals surface area contributed by atoms with E-state index in [2.05, 4.69) is 10.1 Å². The van der Waals surface area contributed by atoms with Gasteiger partial charge in [0.05, 0.1) is 11.7 Å². The van der Waals surface area contributed by atoms with Crippen LogP contribution in [0.25, 0.3) is 11.1 Å². The molecule has 0 saturated heterocycles. The van der Waals surface area contributed by atoms with Gasteiger partial charge in [-0.05, 0) is 49.9 Å². The van der Waals surface area contributed by atoms with Crippen LogP contribution >= 0.6 is 0 Å². The second-order valence-electron chi connectivity index (χ2n) is 10.2. The minimum Gasteiger partial charge on any atom is -0.449 e. The average Bonchev–Trinajstić information content (AvgIpc) is 3.23. The molecule has 1 amide bonds. The zero-order chi connectivity index (χ0) is 29.4. The number of hydrogen-bond donors (Lipinski definition) is 1. The van der Waals surface area contributed by atoms with Crippen molar-refractivity contribution in [2.45, 2.75) is 51.4 Å². The molecule has 3 aromatic carbocycles. The van der Waals surface area contributed by atoms with Crippen molar-refractivity contribution in [1.29, 1.82) is 0 Å². The SMILES string of the molecule is C[C@@H](OC(C)(C)C)[C@@H](NC(=O)OCC1c2ccccc2-c2ccccc21)C(=O)Oc1c(F)c(F)c(F)c(F)c1F. The summed E-state index contributed by atoms with van der Waals surface area (Å²) >= 11 is 0. The summed E-state index contributed by atoms with van der Waals surface area (Å²) in [5.74, 6) is -15.3. The van der Waals surface area contributed by atoms with Crippen molar-refractivity contribution in [1.82, 2.24) is 5.32 Å². The summed E-state index contributed by atoms with van der Waals surface area (Å²) in [4.78, 5) is 25.8. The van der Waals surface area contributed by atoms with E-state index in [1.54, 1.807) is 20.8 Å². The molecule has 2 atom stereocenters. The summed E-state index contributed by atoms with van der Waals surface area (Å²) in [6.45, 7) is 6.17. The number of hydrogen-bond acceptors (Lipinski definition) is 5. The van der Waals surface area contributed by atoms with Gasteiger partial charge in [0.1, 0.15) is 6.61 Å². The molecule has 0 saturated carbocycles. The highest BCUT2D eigenvalue weighted by Crippen LogP contribution is 2.44. The number of ether oxygens (including phenoxy) is 3. The van der Waals surface area contributed by atoms with Crippen LogP contribution in [0.1, 0.15) is 44.7 Å². The number of benzene rings is 3. The molecule has 0 fully saturated rings. The number of alkyl carbamates (subject to hydrolysis) is 1. The highest BCUT2D eigenvalue weighted by molar-refractivity contribution is 5.84. The van der Waals surface area contributed by atoms with Gasteiger partial charge < -0.3 is 19.5 Å². The maximum Gasteiger partial charge on any atom is 0.407 e. The van der Waals surface area contributed by atoms with Gasteiger partial charge in [-0.25, -0.2) is 22.8 Å². The van der Waals surface area contributed by atoms with Gasteiger partial charge in [-0.3, -0.25) is 0 Å². The molecule has 1 aliphatic rings. The minimum atomic E-state index is -2.41. The normalized spacial score (nSPS) is 14.2. The van der Waals surface area contributed by atoms with Crippen LogP contribution in [0.5, 0.6) is 5.75 Å². The first-order valence-electron chi connectivity index (χ1n) is 12.3. The van der Waals surface area contributed by atoms with Crippen molar-refractivity contribution >= 4 is 12.1 Å². The molecular formula is C29H26F5NO5. The van der Waals surface area contributed by atoms with Gasteiger partial charge in [0.15, 0.2) is 6.04 Å². The topological polar surface area (TPSA) is 73.9 Å². The zero-order valence-electron chi connectivity index (χ0n) is 22.0. The second kappa shape index (κ2) is 11.2. The van der Waals surface area contributed by atoms with E-state index in [-0.39, 0.29) is 12.5 Å². The fourth-order valence-electron chi connectivity index (χ4n) is 4.60. The summed E-state index contributed by atoms with van der Waals surface area (Å²) in [6.07, 6.45) is -2.26. The summed E-state index contributed by atoms with van der Waals surface area (Å²) in [5.41, 5.74) is 2.99. The van der Waals surface area contributed by atoms with Crippen LogP contribution in [0.4, 0.5) is 26.7 Å². The van der Waals surface area contributed by atoms with Crippen molar-refractivity contribution in [2.24, 2.45) is 0 Å². The van der Waals surface area contributed by atoms with Crippen LogP contribution in [0.3, 0.4) is 0 Å². The van der Waals surface area contributed by atoms with Crippen molar-refractivity contribution in [3.05, 3.63) is 88.7 Å². The maximum absolute atomic E-state index is 14.2. The van der Waals surface area contributed by atoms with Crippen molar-refractivity contribution in [2.75, 3.05) is 6.61 Å². The van der Waals surface area contributed by atoms with E-state index in [9.17, 15) is 31.5 Å². The molecule has 4 rings (SSSR count). The van der Waals surface area contributed by atoms with Crippen LogP contribution < -0.4 is 10.1 Å². The average molecular weight is 564 g/mol. The Bertz CT molecular complexity index is 1380. The number of esters is 1. The Hall–Kier alpha value is -3.99. The molecule has 6 nitrogen and oxygen atoms in total. The largest absolute Gasteiger partial charge is 0.449 e. The highest BCUT2D eigenvalue weighted by atomic mass is 19.2. The Morgan fingerprint density at radius 3 is 1.80 bits per heavy atom. The Kier molecular flexibility index (Phi) is 8.15. The molecular weight excluding hydrogens is 537 g/mol. The predicted molar refractivity (Wildman–Crippen MR) is 134 cm³/mol. The predicted octanol–water partition coefficient (Wildman–Crippen LogP) is 6.40. The fraction of sp³-hybridized carbons (Fsp3) is 0.310. The number of nitrogens with one attached hydrogen (secondary N) is 1. The Morgan fingerprint density at radius 1 is 0.825 bits per heavy atom. The molecule has 0 unspecified atom stereocenters. The molecule has 1 N–H and O–H groups in total. The Balaban J connectivity index is 1.54. The van der Waals surface area contributed by atoms with Gasteiger partial charge in [-0.2, -0.15) is 8.78 Å². The van der Waals surface area contributed by atoms with E-state index in [4.69, 9.17) is 9.47 Å². The summed E-state index contributed by atoms with van der Waals surface area (Å²) in [6, 6.07) is 13.5. The Morgan fingerprint density at radius 2 is 1.30 bits per heavy atom. The molecule has 0 aliphatic heterocycles. The third-order valence-electron chi connectivity index (χ3n) is 6.25. The lowest BCUT2D eigenvalue weighted by Gasteiger charge is -2.30. The molecule has 212 valence electrons. The quantitative estimate of drug-likeness (QED) is 0.118. The van der Waals surface area contributed by atoms with E-state index in [1.165, 1.54) is 6.92 Å². The second-order valence-corrected chi connectivity index (χ2v) is 10.2. The lowest BCUT2D eigenvalue weighted by molar-refractivity contribution is -0.144. The number of halogens is 5. The number of amides is 1. The molecule has 11 heteroatoms. The fourth-order valence-corrected chi connectivity index (χ4v) is 4.60. The molecule has 1 aliphatic carbocycles. The van der Waals surface area contributed by atoms with Crippen LogP contribution in [0, 0.1) is 29.1 Å². The number of fused-ring (bicyclic) bond motifs is 3. The first-order valence-corrected chi connectivity index (χ1v) is 12.3. The molecule has 0 aromatic heterocycles.